The summed E-state index contributed by atoms with van der Waals surface area (Å²) in [5.41, 5.74) is -0.985. The molecule has 1 saturated heterocycles. The smallest absolute Gasteiger partial charge is 0.437 e. The molecule has 5 rings (SSSR count). The van der Waals surface area contributed by atoms with Crippen LogP contribution in [0.15, 0.2) is 114 Å². The van der Waals surface area contributed by atoms with E-state index in [1.54, 1.807) is 83.8 Å². The lowest BCUT2D eigenvalue weighted by Crippen LogP contribution is -2.56. The van der Waals surface area contributed by atoms with E-state index in [2.05, 4.69) is 4.99 Å². The topological polar surface area (TPSA) is 95.0 Å². The Balaban J connectivity index is 1.32. The number of rotatable bonds is 10. The summed E-state index contributed by atoms with van der Waals surface area (Å²) in [6, 6.07) is 27.2. The van der Waals surface area contributed by atoms with E-state index in [0.717, 1.165) is 16.0 Å². The van der Waals surface area contributed by atoms with Gasteiger partial charge < -0.3 is 19.3 Å². The molecule has 3 amide bonds. The summed E-state index contributed by atoms with van der Waals surface area (Å²) in [7, 11) is 2.85. The molecule has 16 heteroatoms. The summed E-state index contributed by atoms with van der Waals surface area (Å²) in [6.45, 7) is 0.572. The molecule has 1 heterocycles. The Morgan fingerprint density at radius 2 is 1.18 bits per heavy atom. The SMILES string of the molecule is CN(CCc1cc(C(F)(F)F)cc(C(F)(F)F)c1)C(=O)C(c1ccccc1)N1CCN(/C(=N/C(=O)OCc2ccccc2)N(C)C(=O)OCc2ccccc2)CC1. The fourth-order valence-corrected chi connectivity index (χ4v) is 6.19. The van der Waals surface area contributed by atoms with Crippen molar-refractivity contribution in [1.82, 2.24) is 19.6 Å². The largest absolute Gasteiger partial charge is 0.444 e. The number of benzene rings is 4. The van der Waals surface area contributed by atoms with Crippen molar-refractivity contribution in [3.05, 3.63) is 143 Å². The fourth-order valence-electron chi connectivity index (χ4n) is 6.19. The van der Waals surface area contributed by atoms with Crippen LogP contribution in [-0.2, 0) is 46.3 Å². The number of carbonyl (C=O) groups excluding carboxylic acids is 3. The van der Waals surface area contributed by atoms with E-state index in [-0.39, 0.29) is 69.9 Å². The van der Waals surface area contributed by atoms with Crippen molar-refractivity contribution in [1.29, 1.82) is 0 Å². The molecule has 1 aliphatic heterocycles. The zero-order chi connectivity index (χ0) is 41.2. The Labute approximate surface area is 325 Å². The molecule has 0 spiro atoms. The molecule has 0 saturated carbocycles. The third-order valence-electron chi connectivity index (χ3n) is 9.25. The van der Waals surface area contributed by atoms with Gasteiger partial charge in [-0.3, -0.25) is 14.6 Å². The van der Waals surface area contributed by atoms with Crippen molar-refractivity contribution in [3.63, 3.8) is 0 Å². The molecule has 302 valence electrons. The standard InChI is InChI=1S/C41H41F6N5O5/c1-49(19-18-31-24-33(40(42,43)44)26-34(25-31)41(45,46)47)36(53)35(32-16-10-5-11-17-32)51-20-22-52(23-21-51)37(48-38(54)56-27-29-12-6-3-7-13-29)50(2)39(55)57-28-30-14-8-4-9-15-30/h3-17,24-26,35H,18-23,27-28H2,1-2H3/b48-37+. The predicted octanol–water partition coefficient (Wildman–Crippen LogP) is 8.05. The van der Waals surface area contributed by atoms with Gasteiger partial charge >= 0.3 is 24.5 Å². The van der Waals surface area contributed by atoms with Gasteiger partial charge in [0.15, 0.2) is 0 Å². The van der Waals surface area contributed by atoms with E-state index in [1.807, 2.05) is 17.0 Å². The summed E-state index contributed by atoms with van der Waals surface area (Å²) in [5.74, 6) is -0.470. The molecule has 10 nitrogen and oxygen atoms in total. The van der Waals surface area contributed by atoms with Crippen LogP contribution in [0.25, 0.3) is 0 Å². The minimum Gasteiger partial charge on any atom is -0.444 e. The maximum absolute atomic E-state index is 14.1. The zero-order valence-electron chi connectivity index (χ0n) is 31.2. The monoisotopic (exact) mass is 797 g/mol. The van der Waals surface area contributed by atoms with Gasteiger partial charge in [-0.15, -0.1) is 4.99 Å². The molecule has 0 aliphatic carbocycles. The van der Waals surface area contributed by atoms with Crippen molar-refractivity contribution >= 4 is 24.1 Å². The Kier molecular flexibility index (Phi) is 14.0. The van der Waals surface area contributed by atoms with Gasteiger partial charge in [-0.25, -0.2) is 9.59 Å². The minimum absolute atomic E-state index is 0.0326. The molecule has 57 heavy (non-hydrogen) atoms. The molecule has 0 N–H and O–H groups in total. The van der Waals surface area contributed by atoms with E-state index in [1.165, 1.54) is 19.0 Å². The van der Waals surface area contributed by atoms with Gasteiger partial charge in [0.1, 0.15) is 19.3 Å². The first-order valence-corrected chi connectivity index (χ1v) is 17.9. The lowest BCUT2D eigenvalue weighted by atomic mass is 10.0. The van der Waals surface area contributed by atoms with Crippen LogP contribution in [-0.4, -0.2) is 90.5 Å². The van der Waals surface area contributed by atoms with Crippen LogP contribution < -0.4 is 0 Å². The van der Waals surface area contributed by atoms with Crippen LogP contribution in [0.1, 0.15) is 39.4 Å². The van der Waals surface area contributed by atoms with E-state index >= 15 is 0 Å². The normalized spacial score (nSPS) is 14.5. The number of piperazine rings is 1. The molecular weight excluding hydrogens is 756 g/mol. The average molecular weight is 798 g/mol. The Hall–Kier alpha value is -5.90. The number of amides is 3. The van der Waals surface area contributed by atoms with Gasteiger partial charge in [-0.2, -0.15) is 26.3 Å². The lowest BCUT2D eigenvalue weighted by molar-refractivity contribution is -0.143. The van der Waals surface area contributed by atoms with Gasteiger partial charge in [-0.1, -0.05) is 91.0 Å². The molecule has 4 aromatic carbocycles. The van der Waals surface area contributed by atoms with E-state index in [4.69, 9.17) is 9.47 Å². The summed E-state index contributed by atoms with van der Waals surface area (Å²) < 4.78 is 91.8. The first-order valence-electron chi connectivity index (χ1n) is 17.9. The average Bonchev–Trinajstić information content (AvgIpc) is 3.20. The summed E-state index contributed by atoms with van der Waals surface area (Å²) in [6.07, 6.45) is -12.0. The van der Waals surface area contributed by atoms with Crippen molar-refractivity contribution in [2.75, 3.05) is 46.8 Å². The number of guanidine groups is 1. The minimum atomic E-state index is -5.00. The number of carbonyl (C=O) groups is 3. The number of hydrogen-bond acceptors (Lipinski definition) is 6. The van der Waals surface area contributed by atoms with Crippen molar-refractivity contribution < 1.29 is 50.2 Å². The van der Waals surface area contributed by atoms with Crippen LogP contribution in [0.4, 0.5) is 35.9 Å². The number of alkyl halides is 6. The number of ether oxygens (including phenoxy) is 2. The first-order chi connectivity index (χ1) is 27.1. The highest BCUT2D eigenvalue weighted by Gasteiger charge is 2.38. The molecule has 0 aromatic heterocycles. The molecule has 4 aromatic rings. The summed E-state index contributed by atoms with van der Waals surface area (Å²) in [4.78, 5) is 50.5. The Morgan fingerprint density at radius 3 is 1.68 bits per heavy atom. The maximum Gasteiger partial charge on any atom is 0.437 e. The van der Waals surface area contributed by atoms with Crippen LogP contribution in [0, 0.1) is 0 Å². The third kappa shape index (κ3) is 11.8. The number of nitrogens with zero attached hydrogens (tertiary/aromatic N) is 5. The second-order valence-corrected chi connectivity index (χ2v) is 13.3. The summed E-state index contributed by atoms with van der Waals surface area (Å²) >= 11 is 0. The van der Waals surface area contributed by atoms with Gasteiger partial charge in [0.05, 0.1) is 11.1 Å². The van der Waals surface area contributed by atoms with Crippen LogP contribution >= 0.6 is 0 Å². The summed E-state index contributed by atoms with van der Waals surface area (Å²) in [5, 5.41) is 0. The Morgan fingerprint density at radius 1 is 0.684 bits per heavy atom. The molecular formula is C41H41F6N5O5. The zero-order valence-corrected chi connectivity index (χ0v) is 31.2. The van der Waals surface area contributed by atoms with E-state index in [0.29, 0.717) is 17.7 Å². The molecule has 0 bridgehead atoms. The quantitative estimate of drug-likeness (QED) is 0.0911. The van der Waals surface area contributed by atoms with Gasteiger partial charge in [0, 0.05) is 46.8 Å². The van der Waals surface area contributed by atoms with Crippen molar-refractivity contribution in [3.8, 4) is 0 Å². The van der Waals surface area contributed by atoms with Crippen LogP contribution in [0.3, 0.4) is 0 Å². The lowest BCUT2D eigenvalue weighted by Gasteiger charge is -2.41. The fraction of sp³-hybridized carbons (Fsp3) is 0.317. The molecule has 1 atom stereocenters. The second-order valence-electron chi connectivity index (χ2n) is 13.3. The maximum atomic E-state index is 14.1. The van der Waals surface area contributed by atoms with Gasteiger partial charge in [-0.05, 0) is 46.9 Å². The number of aliphatic imine (C=N–C) groups is 1. The molecule has 1 aliphatic rings. The van der Waals surface area contributed by atoms with E-state index < -0.39 is 47.6 Å². The molecule has 0 radical (unpaired) electrons. The molecule has 1 unspecified atom stereocenters. The second kappa shape index (κ2) is 18.8. The molecule has 1 fully saturated rings. The number of halogens is 6. The first kappa shape index (κ1) is 42.2. The van der Waals surface area contributed by atoms with E-state index in [9.17, 15) is 40.7 Å². The van der Waals surface area contributed by atoms with Gasteiger partial charge in [0.25, 0.3) is 0 Å². The highest BCUT2D eigenvalue weighted by Crippen LogP contribution is 2.36. The van der Waals surface area contributed by atoms with Crippen LogP contribution in [0.5, 0.6) is 0 Å². The highest BCUT2D eigenvalue weighted by molar-refractivity contribution is 5.98. The highest BCUT2D eigenvalue weighted by atomic mass is 19.4. The number of likely N-dealkylation sites (N-methyl/N-ethyl adjacent to an activating group) is 1. The van der Waals surface area contributed by atoms with Crippen LogP contribution in [0.2, 0.25) is 0 Å². The predicted molar refractivity (Wildman–Crippen MR) is 199 cm³/mol. The number of hydrogen-bond donors (Lipinski definition) is 0. The Bertz CT molecular complexity index is 1960. The van der Waals surface area contributed by atoms with Gasteiger partial charge in [0.2, 0.25) is 11.9 Å². The third-order valence-corrected chi connectivity index (χ3v) is 9.25. The van der Waals surface area contributed by atoms with Crippen molar-refractivity contribution in [2.24, 2.45) is 4.99 Å². The van der Waals surface area contributed by atoms with Crippen molar-refractivity contribution in [2.45, 2.75) is 38.0 Å².